The molecular formula is C21H19NO5S. The van der Waals surface area contributed by atoms with Gasteiger partial charge in [-0.25, -0.2) is 4.79 Å². The summed E-state index contributed by atoms with van der Waals surface area (Å²) in [6.45, 7) is 3.66. The average molecular weight is 397 g/mol. The van der Waals surface area contributed by atoms with Crippen LogP contribution in [0, 0.1) is 6.92 Å². The lowest BCUT2D eigenvalue weighted by molar-refractivity contribution is -0.144. The van der Waals surface area contributed by atoms with Crippen LogP contribution >= 0.6 is 11.8 Å². The molecule has 2 aromatic carbocycles. The van der Waals surface area contributed by atoms with Gasteiger partial charge in [0, 0.05) is 0 Å². The van der Waals surface area contributed by atoms with E-state index >= 15 is 0 Å². The Morgan fingerprint density at radius 1 is 1.14 bits per heavy atom. The van der Waals surface area contributed by atoms with Gasteiger partial charge in [-0.1, -0.05) is 42.0 Å². The molecule has 1 N–H and O–H groups in total. The summed E-state index contributed by atoms with van der Waals surface area (Å²) in [7, 11) is 0. The molecule has 0 saturated carbocycles. The van der Waals surface area contributed by atoms with Crippen molar-refractivity contribution in [2.45, 2.75) is 26.5 Å². The highest BCUT2D eigenvalue weighted by Crippen LogP contribution is 2.33. The highest BCUT2D eigenvalue weighted by Gasteiger charge is 2.34. The van der Waals surface area contributed by atoms with Crippen molar-refractivity contribution >= 4 is 35.0 Å². The summed E-state index contributed by atoms with van der Waals surface area (Å²) in [5, 5.41) is 8.58. The molecule has 28 heavy (non-hydrogen) atoms. The maximum Gasteiger partial charge on any atom is 0.344 e. The van der Waals surface area contributed by atoms with Crippen molar-refractivity contribution in [3.63, 3.8) is 0 Å². The predicted octanol–water partition coefficient (Wildman–Crippen LogP) is 4.08. The maximum absolute atomic E-state index is 12.6. The first-order valence-corrected chi connectivity index (χ1v) is 9.45. The van der Waals surface area contributed by atoms with Crippen molar-refractivity contribution in [3.05, 3.63) is 70.1 Å². The number of rotatable bonds is 6. The van der Waals surface area contributed by atoms with Gasteiger partial charge in [0.25, 0.3) is 11.1 Å². The number of amides is 2. The lowest BCUT2D eigenvalue weighted by atomic mass is 10.1. The van der Waals surface area contributed by atoms with E-state index in [0.717, 1.165) is 28.5 Å². The second-order valence-electron chi connectivity index (χ2n) is 6.42. The Morgan fingerprint density at radius 3 is 2.39 bits per heavy atom. The van der Waals surface area contributed by atoms with E-state index in [1.807, 2.05) is 31.2 Å². The van der Waals surface area contributed by atoms with Crippen LogP contribution in [0.15, 0.2) is 53.4 Å². The fourth-order valence-electron chi connectivity index (χ4n) is 2.56. The molecule has 2 amide bonds. The van der Waals surface area contributed by atoms with E-state index in [2.05, 4.69) is 0 Å². The highest BCUT2D eigenvalue weighted by molar-refractivity contribution is 8.18. The molecule has 1 aliphatic rings. The molecule has 6 nitrogen and oxygen atoms in total. The van der Waals surface area contributed by atoms with Gasteiger partial charge in [0.1, 0.15) is 5.75 Å². The van der Waals surface area contributed by atoms with E-state index in [-0.39, 0.29) is 17.7 Å². The van der Waals surface area contributed by atoms with Gasteiger partial charge in [0.2, 0.25) is 0 Å². The number of aryl methyl sites for hydroxylation is 1. The zero-order valence-electron chi connectivity index (χ0n) is 15.4. The van der Waals surface area contributed by atoms with E-state index in [0.29, 0.717) is 10.7 Å². The lowest BCUT2D eigenvalue weighted by Crippen LogP contribution is -2.27. The fourth-order valence-corrected chi connectivity index (χ4v) is 3.40. The van der Waals surface area contributed by atoms with E-state index in [4.69, 9.17) is 9.84 Å². The van der Waals surface area contributed by atoms with Gasteiger partial charge >= 0.3 is 5.97 Å². The second-order valence-corrected chi connectivity index (χ2v) is 7.41. The number of carboxylic acid groups (broad SMARTS) is 1. The molecule has 1 heterocycles. The molecule has 1 fully saturated rings. The van der Waals surface area contributed by atoms with Crippen LogP contribution in [0.5, 0.6) is 5.75 Å². The minimum absolute atomic E-state index is 0.238. The molecule has 1 saturated heterocycles. The summed E-state index contributed by atoms with van der Waals surface area (Å²) in [5.41, 5.74) is 2.72. The third kappa shape index (κ3) is 4.61. The number of benzene rings is 2. The minimum atomic E-state index is -1.05. The molecular weight excluding hydrogens is 378 g/mol. The molecule has 0 aliphatic carbocycles. The van der Waals surface area contributed by atoms with Gasteiger partial charge in [0.15, 0.2) is 6.10 Å². The van der Waals surface area contributed by atoms with Crippen LogP contribution in [0.1, 0.15) is 23.6 Å². The smallest absolute Gasteiger partial charge is 0.344 e. The van der Waals surface area contributed by atoms with Crippen LogP contribution in [0.4, 0.5) is 4.79 Å². The van der Waals surface area contributed by atoms with Gasteiger partial charge < -0.3 is 9.84 Å². The zero-order valence-corrected chi connectivity index (χ0v) is 16.2. The predicted molar refractivity (Wildman–Crippen MR) is 107 cm³/mol. The maximum atomic E-state index is 12.6. The van der Waals surface area contributed by atoms with Crippen LogP contribution in [-0.4, -0.2) is 33.2 Å². The largest absolute Gasteiger partial charge is 0.479 e. The Kier molecular flexibility index (Phi) is 5.84. The third-order valence-corrected chi connectivity index (χ3v) is 5.08. The third-order valence-electron chi connectivity index (χ3n) is 4.17. The number of hydrogen-bond donors (Lipinski definition) is 1. The highest BCUT2D eigenvalue weighted by atomic mass is 32.2. The van der Waals surface area contributed by atoms with Crippen LogP contribution < -0.4 is 4.74 Å². The standard InChI is InChI=1S/C21H19NO5S/c1-13-3-5-16(6-4-13)12-22-19(23)18(28-21(22)26)11-15-7-9-17(10-8-15)27-14(2)20(24)25/h3-11,14H,12H2,1-2H3,(H,24,25)/b18-11+. The molecule has 3 rings (SSSR count). The number of carbonyl (C=O) groups excluding carboxylic acids is 2. The van der Waals surface area contributed by atoms with Crippen LogP contribution in [0.25, 0.3) is 6.08 Å². The van der Waals surface area contributed by atoms with Crippen molar-refractivity contribution in [2.75, 3.05) is 0 Å². The number of carboxylic acids is 1. The molecule has 2 aromatic rings. The Labute approximate surface area is 166 Å². The lowest BCUT2D eigenvalue weighted by Gasteiger charge is -2.12. The summed E-state index contributed by atoms with van der Waals surface area (Å²) >= 11 is 0.907. The fraction of sp³-hybridized carbons (Fsp3) is 0.190. The number of imide groups is 1. The Balaban J connectivity index is 1.70. The first-order chi connectivity index (χ1) is 13.3. The molecule has 0 bridgehead atoms. The molecule has 1 aliphatic heterocycles. The van der Waals surface area contributed by atoms with Crippen molar-refractivity contribution in [1.29, 1.82) is 0 Å². The summed E-state index contributed by atoms with van der Waals surface area (Å²) < 4.78 is 5.28. The molecule has 144 valence electrons. The number of carbonyl (C=O) groups is 3. The molecule has 0 spiro atoms. The summed E-state index contributed by atoms with van der Waals surface area (Å²) in [6, 6.07) is 14.4. The Hall–Kier alpha value is -3.06. The van der Waals surface area contributed by atoms with Crippen molar-refractivity contribution in [2.24, 2.45) is 0 Å². The van der Waals surface area contributed by atoms with Gasteiger partial charge in [-0.3, -0.25) is 14.5 Å². The van der Waals surface area contributed by atoms with Crippen LogP contribution in [0.3, 0.4) is 0 Å². The normalized spacial score (nSPS) is 16.5. The Morgan fingerprint density at radius 2 is 1.79 bits per heavy atom. The van der Waals surface area contributed by atoms with Crippen molar-refractivity contribution in [1.82, 2.24) is 4.90 Å². The first kappa shape index (κ1) is 19.7. The van der Waals surface area contributed by atoms with Crippen molar-refractivity contribution < 1.29 is 24.2 Å². The molecule has 1 unspecified atom stereocenters. The molecule has 7 heteroatoms. The van der Waals surface area contributed by atoms with Crippen LogP contribution in [-0.2, 0) is 16.1 Å². The molecule has 1 atom stereocenters. The monoisotopic (exact) mass is 397 g/mol. The molecule has 0 aromatic heterocycles. The van der Waals surface area contributed by atoms with E-state index in [1.165, 1.54) is 11.8 Å². The SMILES string of the molecule is Cc1ccc(CN2C(=O)S/C(=C/c3ccc(OC(C)C(=O)O)cc3)C2=O)cc1. The number of aliphatic carboxylic acids is 1. The number of ether oxygens (including phenoxy) is 1. The summed E-state index contributed by atoms with van der Waals surface area (Å²) in [5.74, 6) is -0.957. The van der Waals surface area contributed by atoms with E-state index < -0.39 is 12.1 Å². The van der Waals surface area contributed by atoms with E-state index in [9.17, 15) is 14.4 Å². The van der Waals surface area contributed by atoms with Crippen molar-refractivity contribution in [3.8, 4) is 5.75 Å². The summed E-state index contributed by atoms with van der Waals surface area (Å²) in [6.07, 6.45) is 0.689. The minimum Gasteiger partial charge on any atom is -0.479 e. The topological polar surface area (TPSA) is 83.9 Å². The average Bonchev–Trinajstić information content (AvgIpc) is 2.92. The van der Waals surface area contributed by atoms with E-state index in [1.54, 1.807) is 30.3 Å². The second kappa shape index (κ2) is 8.31. The van der Waals surface area contributed by atoms with Gasteiger partial charge in [-0.15, -0.1) is 0 Å². The first-order valence-electron chi connectivity index (χ1n) is 8.64. The van der Waals surface area contributed by atoms with Gasteiger partial charge in [-0.05, 0) is 54.9 Å². The zero-order chi connectivity index (χ0) is 20.3. The quantitative estimate of drug-likeness (QED) is 0.740. The molecule has 0 radical (unpaired) electrons. The summed E-state index contributed by atoms with van der Waals surface area (Å²) in [4.78, 5) is 37.3. The van der Waals surface area contributed by atoms with Gasteiger partial charge in [0.05, 0.1) is 11.4 Å². The number of thioether (sulfide) groups is 1. The Bertz CT molecular complexity index is 934. The number of hydrogen-bond acceptors (Lipinski definition) is 5. The van der Waals surface area contributed by atoms with Gasteiger partial charge in [-0.2, -0.15) is 0 Å². The van der Waals surface area contributed by atoms with Crippen LogP contribution in [0.2, 0.25) is 0 Å². The number of nitrogens with zero attached hydrogens (tertiary/aromatic N) is 1.